The molecule has 1 fully saturated rings. The van der Waals surface area contributed by atoms with Crippen molar-refractivity contribution < 1.29 is 9.59 Å². The Labute approximate surface area is 128 Å². The molecule has 0 radical (unpaired) electrons. The molecule has 1 aromatic rings. The highest BCUT2D eigenvalue weighted by molar-refractivity contribution is 7.13. The lowest BCUT2D eigenvalue weighted by Crippen LogP contribution is -2.42. The van der Waals surface area contributed by atoms with Gasteiger partial charge in [-0.15, -0.1) is 11.3 Å². The van der Waals surface area contributed by atoms with Gasteiger partial charge in [-0.25, -0.2) is 4.98 Å². The Morgan fingerprint density at radius 1 is 1.43 bits per heavy atom. The van der Waals surface area contributed by atoms with Crippen molar-refractivity contribution in [2.75, 3.05) is 32.0 Å². The zero-order valence-electron chi connectivity index (χ0n) is 12.5. The molecule has 116 valence electrons. The summed E-state index contributed by atoms with van der Waals surface area (Å²) < 4.78 is 0. The molecule has 6 nitrogen and oxygen atoms in total. The number of nitrogens with one attached hydrogen (secondary N) is 2. The Hall–Kier alpha value is -1.63. The first-order valence-electron chi connectivity index (χ1n) is 7.25. The molecule has 2 N–H and O–H groups in total. The second-order valence-corrected chi connectivity index (χ2v) is 6.07. The van der Waals surface area contributed by atoms with Gasteiger partial charge in [-0.2, -0.15) is 0 Å². The largest absolute Gasteiger partial charge is 0.365 e. The molecule has 0 bridgehead atoms. The van der Waals surface area contributed by atoms with Gasteiger partial charge in [0.05, 0.1) is 5.69 Å². The summed E-state index contributed by atoms with van der Waals surface area (Å²) in [5.74, 6) is 0.226. The molecular weight excluding hydrogens is 288 g/mol. The first-order valence-corrected chi connectivity index (χ1v) is 8.13. The summed E-state index contributed by atoms with van der Waals surface area (Å²) >= 11 is 1.57. The molecule has 0 aromatic carbocycles. The average Bonchev–Trinajstić information content (AvgIpc) is 2.95. The quantitative estimate of drug-likeness (QED) is 0.854. The molecule has 1 aliphatic heterocycles. The van der Waals surface area contributed by atoms with Gasteiger partial charge in [0, 0.05) is 51.3 Å². The van der Waals surface area contributed by atoms with Crippen molar-refractivity contribution in [2.24, 2.45) is 5.92 Å². The fourth-order valence-electron chi connectivity index (χ4n) is 2.45. The molecule has 0 unspecified atom stereocenters. The van der Waals surface area contributed by atoms with Crippen molar-refractivity contribution >= 4 is 28.3 Å². The van der Waals surface area contributed by atoms with E-state index in [-0.39, 0.29) is 17.7 Å². The van der Waals surface area contributed by atoms with Crippen LogP contribution in [0.1, 0.15) is 25.5 Å². The minimum absolute atomic E-state index is 0.0314. The van der Waals surface area contributed by atoms with Gasteiger partial charge in [-0.05, 0) is 12.8 Å². The smallest absolute Gasteiger partial charge is 0.223 e. The maximum atomic E-state index is 12.1. The number of aromatic nitrogens is 1. The van der Waals surface area contributed by atoms with Gasteiger partial charge in [0.25, 0.3) is 0 Å². The Morgan fingerprint density at radius 2 is 2.14 bits per heavy atom. The number of amides is 2. The predicted molar refractivity (Wildman–Crippen MR) is 83.4 cm³/mol. The number of likely N-dealkylation sites (tertiary alicyclic amines) is 1. The lowest BCUT2D eigenvalue weighted by Gasteiger charge is -2.30. The van der Waals surface area contributed by atoms with Crippen LogP contribution >= 0.6 is 11.3 Å². The number of carbonyl (C=O) groups is 2. The number of hydrogen-bond donors (Lipinski definition) is 2. The molecule has 1 aromatic heterocycles. The van der Waals surface area contributed by atoms with Gasteiger partial charge < -0.3 is 15.5 Å². The fraction of sp³-hybridized carbons (Fsp3) is 0.643. The molecule has 7 heteroatoms. The van der Waals surface area contributed by atoms with Crippen molar-refractivity contribution in [2.45, 2.75) is 26.2 Å². The van der Waals surface area contributed by atoms with E-state index in [2.05, 4.69) is 15.6 Å². The average molecular weight is 310 g/mol. The minimum atomic E-state index is 0.0314. The molecule has 2 amide bonds. The number of rotatable bonds is 5. The van der Waals surface area contributed by atoms with E-state index in [1.807, 2.05) is 12.4 Å². The maximum Gasteiger partial charge on any atom is 0.223 e. The fourth-order valence-corrected chi connectivity index (χ4v) is 3.16. The van der Waals surface area contributed by atoms with Gasteiger partial charge in [-0.1, -0.05) is 0 Å². The van der Waals surface area contributed by atoms with Crippen LogP contribution in [0.5, 0.6) is 0 Å². The Bertz CT molecular complexity index is 495. The monoisotopic (exact) mass is 310 g/mol. The molecule has 0 spiro atoms. The minimum Gasteiger partial charge on any atom is -0.365 e. The van der Waals surface area contributed by atoms with E-state index in [1.165, 1.54) is 0 Å². The first-order chi connectivity index (χ1) is 10.1. The second kappa shape index (κ2) is 7.40. The molecule has 1 aliphatic rings. The molecule has 0 aliphatic carbocycles. The molecular formula is C14H22N4O2S. The summed E-state index contributed by atoms with van der Waals surface area (Å²) in [6, 6.07) is 0. The zero-order chi connectivity index (χ0) is 15.2. The highest BCUT2D eigenvalue weighted by Gasteiger charge is 2.25. The van der Waals surface area contributed by atoms with Gasteiger partial charge in [0.15, 0.2) is 5.13 Å². The third-order valence-corrected chi connectivity index (χ3v) is 4.67. The van der Waals surface area contributed by atoms with Crippen molar-refractivity contribution in [3.8, 4) is 0 Å². The molecule has 2 rings (SSSR count). The van der Waals surface area contributed by atoms with Crippen LogP contribution < -0.4 is 10.6 Å². The number of hydrogen-bond acceptors (Lipinski definition) is 5. The van der Waals surface area contributed by atoms with E-state index in [4.69, 9.17) is 0 Å². The lowest BCUT2D eigenvalue weighted by molar-refractivity contribution is -0.133. The van der Waals surface area contributed by atoms with Crippen LogP contribution in [0.4, 0.5) is 5.13 Å². The van der Waals surface area contributed by atoms with Crippen LogP contribution in [0, 0.1) is 5.92 Å². The summed E-state index contributed by atoms with van der Waals surface area (Å²) in [4.78, 5) is 29.5. The Morgan fingerprint density at radius 3 is 2.71 bits per heavy atom. The third-order valence-electron chi connectivity index (χ3n) is 3.76. The van der Waals surface area contributed by atoms with Crippen LogP contribution in [0.25, 0.3) is 0 Å². The third kappa shape index (κ3) is 4.42. The highest BCUT2D eigenvalue weighted by atomic mass is 32.1. The van der Waals surface area contributed by atoms with E-state index in [1.54, 1.807) is 23.2 Å². The summed E-state index contributed by atoms with van der Waals surface area (Å²) in [6.45, 7) is 3.56. The first kappa shape index (κ1) is 15.8. The summed E-state index contributed by atoms with van der Waals surface area (Å²) in [5, 5.41) is 8.87. The van der Waals surface area contributed by atoms with Crippen molar-refractivity contribution in [1.82, 2.24) is 15.2 Å². The summed E-state index contributed by atoms with van der Waals surface area (Å²) in [5.41, 5.74) is 0.996. The maximum absolute atomic E-state index is 12.1. The van der Waals surface area contributed by atoms with Gasteiger partial charge in [0.2, 0.25) is 11.8 Å². The topological polar surface area (TPSA) is 74.3 Å². The molecule has 2 heterocycles. The van der Waals surface area contributed by atoms with Crippen LogP contribution in [-0.2, 0) is 16.0 Å². The van der Waals surface area contributed by atoms with Crippen LogP contribution in [0.15, 0.2) is 5.38 Å². The van der Waals surface area contributed by atoms with Crippen LogP contribution in [0.2, 0.25) is 0 Å². The standard InChI is InChI=1S/C14H22N4O2S/c1-10(19)18-7-4-11(5-8-18)13(20)16-6-3-12-9-21-14(15-2)17-12/h9,11H,3-8H2,1-2H3,(H,15,17)(H,16,20). The van der Waals surface area contributed by atoms with Crippen LogP contribution in [-0.4, -0.2) is 48.4 Å². The molecule has 0 atom stereocenters. The highest BCUT2D eigenvalue weighted by Crippen LogP contribution is 2.17. The van der Waals surface area contributed by atoms with Gasteiger partial charge in [0.1, 0.15) is 0 Å². The molecule has 0 saturated carbocycles. The van der Waals surface area contributed by atoms with E-state index in [9.17, 15) is 9.59 Å². The van der Waals surface area contributed by atoms with E-state index < -0.39 is 0 Å². The summed E-state index contributed by atoms with van der Waals surface area (Å²) in [7, 11) is 1.85. The number of nitrogens with zero attached hydrogens (tertiary/aromatic N) is 2. The number of carbonyl (C=O) groups excluding carboxylic acids is 2. The number of anilines is 1. The van der Waals surface area contributed by atoms with Gasteiger partial charge >= 0.3 is 0 Å². The normalized spacial score (nSPS) is 15.8. The van der Waals surface area contributed by atoms with Crippen LogP contribution in [0.3, 0.4) is 0 Å². The van der Waals surface area contributed by atoms with E-state index in [0.717, 1.165) is 30.1 Å². The van der Waals surface area contributed by atoms with E-state index in [0.29, 0.717) is 19.6 Å². The van der Waals surface area contributed by atoms with Crippen molar-refractivity contribution in [3.63, 3.8) is 0 Å². The summed E-state index contributed by atoms with van der Waals surface area (Å²) in [6.07, 6.45) is 2.26. The Kier molecular flexibility index (Phi) is 5.55. The SMILES string of the molecule is CNc1nc(CCNC(=O)C2CCN(C(C)=O)CC2)cs1. The second-order valence-electron chi connectivity index (χ2n) is 5.22. The van der Waals surface area contributed by atoms with Crippen molar-refractivity contribution in [1.29, 1.82) is 0 Å². The number of piperidine rings is 1. The van der Waals surface area contributed by atoms with E-state index >= 15 is 0 Å². The lowest BCUT2D eigenvalue weighted by atomic mass is 9.96. The Balaban J connectivity index is 1.69. The predicted octanol–water partition coefficient (Wildman–Crippen LogP) is 1.10. The van der Waals surface area contributed by atoms with Gasteiger partial charge in [-0.3, -0.25) is 9.59 Å². The molecule has 1 saturated heterocycles. The number of thiazole rings is 1. The van der Waals surface area contributed by atoms with Crippen molar-refractivity contribution in [3.05, 3.63) is 11.1 Å². The molecule has 21 heavy (non-hydrogen) atoms. The zero-order valence-corrected chi connectivity index (χ0v) is 13.3.